The Balaban J connectivity index is 2.86. The van der Waals surface area contributed by atoms with Crippen LogP contribution in [0.3, 0.4) is 0 Å². The van der Waals surface area contributed by atoms with Gasteiger partial charge in [0.05, 0.1) is 8.07 Å². The number of aliphatic hydroxyl groups is 1. The maximum Gasteiger partial charge on any atom is 0.114 e. The van der Waals surface area contributed by atoms with Gasteiger partial charge in [-0.3, -0.25) is 0 Å². The van der Waals surface area contributed by atoms with Gasteiger partial charge in [0.25, 0.3) is 0 Å². The van der Waals surface area contributed by atoms with Gasteiger partial charge in [-0.15, -0.1) is 0 Å². The van der Waals surface area contributed by atoms with E-state index in [0.717, 1.165) is 19.3 Å². The molecule has 0 radical (unpaired) electrons. The fourth-order valence-electron chi connectivity index (χ4n) is 2.09. The van der Waals surface area contributed by atoms with Gasteiger partial charge in [-0.1, -0.05) is 81.6 Å². The zero-order valence-corrected chi connectivity index (χ0v) is 13.6. The number of aliphatic hydroxyl groups excluding tert-OH is 1. The monoisotopic (exact) mass is 274 g/mol. The van der Waals surface area contributed by atoms with E-state index in [0.29, 0.717) is 5.54 Å². The fourth-order valence-corrected chi connectivity index (χ4v) is 3.80. The van der Waals surface area contributed by atoms with Crippen LogP contribution in [0.25, 0.3) is 0 Å². The lowest BCUT2D eigenvalue weighted by Gasteiger charge is -2.24. The maximum absolute atomic E-state index is 9.88. The van der Waals surface area contributed by atoms with Crippen LogP contribution in [0.2, 0.25) is 19.6 Å². The van der Waals surface area contributed by atoms with E-state index in [2.05, 4.69) is 62.7 Å². The molecular formula is C17H26OSi. The van der Waals surface area contributed by atoms with Crippen molar-refractivity contribution >= 4 is 8.07 Å². The number of benzene rings is 1. The molecule has 0 aliphatic heterocycles. The molecular weight excluding hydrogens is 248 g/mol. The van der Waals surface area contributed by atoms with Crippen LogP contribution in [0, 0.1) is 11.8 Å². The Labute approximate surface area is 119 Å². The summed E-state index contributed by atoms with van der Waals surface area (Å²) in [4.78, 5) is 0. The highest BCUT2D eigenvalue weighted by Gasteiger charge is 2.26. The minimum Gasteiger partial charge on any atom is -0.380 e. The molecule has 19 heavy (non-hydrogen) atoms. The third-order valence-corrected chi connectivity index (χ3v) is 5.43. The SMILES string of the molecule is CCCCC(O)C#CC(c1ccccc1)[Si](C)(C)C. The zero-order valence-electron chi connectivity index (χ0n) is 12.6. The minimum atomic E-state index is -1.41. The normalized spacial score (nSPS) is 14.4. The van der Waals surface area contributed by atoms with E-state index in [1.807, 2.05) is 6.07 Å². The van der Waals surface area contributed by atoms with Gasteiger partial charge in [-0.2, -0.15) is 0 Å². The Hall–Kier alpha value is -1.04. The average molecular weight is 274 g/mol. The summed E-state index contributed by atoms with van der Waals surface area (Å²) in [5.74, 6) is 6.41. The van der Waals surface area contributed by atoms with Gasteiger partial charge in [-0.25, -0.2) is 0 Å². The van der Waals surface area contributed by atoms with Crippen molar-refractivity contribution in [1.29, 1.82) is 0 Å². The van der Waals surface area contributed by atoms with Crippen molar-refractivity contribution in [1.82, 2.24) is 0 Å². The molecule has 2 unspecified atom stereocenters. The summed E-state index contributed by atoms with van der Waals surface area (Å²) in [6.07, 6.45) is 2.47. The summed E-state index contributed by atoms with van der Waals surface area (Å²) < 4.78 is 0. The number of unbranched alkanes of at least 4 members (excludes halogenated alkanes) is 1. The Morgan fingerprint density at radius 2 is 1.74 bits per heavy atom. The van der Waals surface area contributed by atoms with Crippen molar-refractivity contribution in [2.75, 3.05) is 0 Å². The Kier molecular flexibility index (Phi) is 6.34. The molecule has 0 bridgehead atoms. The highest BCUT2D eigenvalue weighted by molar-refractivity contribution is 6.78. The Morgan fingerprint density at radius 3 is 2.26 bits per heavy atom. The Bertz CT molecular complexity index is 422. The second kappa shape index (κ2) is 7.52. The summed E-state index contributed by atoms with van der Waals surface area (Å²) in [6, 6.07) is 10.5. The fraction of sp³-hybridized carbons (Fsp3) is 0.529. The quantitative estimate of drug-likeness (QED) is 0.630. The number of hydrogen-bond donors (Lipinski definition) is 1. The third-order valence-electron chi connectivity index (χ3n) is 3.22. The molecule has 0 saturated heterocycles. The summed E-state index contributed by atoms with van der Waals surface area (Å²) in [6.45, 7) is 9.13. The van der Waals surface area contributed by atoms with Crippen molar-refractivity contribution in [2.24, 2.45) is 0 Å². The molecule has 0 spiro atoms. The first kappa shape index (κ1) is 16.0. The van der Waals surface area contributed by atoms with Crippen LogP contribution in [0.15, 0.2) is 30.3 Å². The van der Waals surface area contributed by atoms with E-state index in [-0.39, 0.29) is 0 Å². The summed E-state index contributed by atoms with van der Waals surface area (Å²) in [5, 5.41) is 9.88. The number of hydrogen-bond acceptors (Lipinski definition) is 1. The molecule has 1 rings (SSSR count). The smallest absolute Gasteiger partial charge is 0.114 e. The van der Waals surface area contributed by atoms with Crippen LogP contribution < -0.4 is 0 Å². The molecule has 2 atom stereocenters. The van der Waals surface area contributed by atoms with Crippen molar-refractivity contribution in [3.63, 3.8) is 0 Å². The van der Waals surface area contributed by atoms with Crippen LogP contribution >= 0.6 is 0 Å². The molecule has 1 aromatic rings. The lowest BCUT2D eigenvalue weighted by molar-refractivity contribution is 0.218. The van der Waals surface area contributed by atoms with Crippen LogP contribution in [0.1, 0.15) is 37.3 Å². The van der Waals surface area contributed by atoms with E-state index >= 15 is 0 Å². The molecule has 104 valence electrons. The predicted octanol–water partition coefficient (Wildman–Crippen LogP) is 4.20. The van der Waals surface area contributed by atoms with Gasteiger partial charge in [-0.05, 0) is 12.0 Å². The van der Waals surface area contributed by atoms with Gasteiger partial charge in [0.1, 0.15) is 6.10 Å². The zero-order chi connectivity index (χ0) is 14.3. The van der Waals surface area contributed by atoms with Crippen molar-refractivity contribution in [3.05, 3.63) is 35.9 Å². The predicted molar refractivity (Wildman–Crippen MR) is 85.8 cm³/mol. The first-order valence-corrected chi connectivity index (χ1v) is 10.8. The number of rotatable bonds is 5. The van der Waals surface area contributed by atoms with Crippen molar-refractivity contribution < 1.29 is 5.11 Å². The van der Waals surface area contributed by atoms with Gasteiger partial charge in [0.15, 0.2) is 0 Å². The van der Waals surface area contributed by atoms with Crippen LogP contribution in [-0.2, 0) is 0 Å². The van der Waals surface area contributed by atoms with Crippen molar-refractivity contribution in [3.8, 4) is 11.8 Å². The van der Waals surface area contributed by atoms with Crippen LogP contribution in [-0.4, -0.2) is 19.3 Å². The topological polar surface area (TPSA) is 20.2 Å². The van der Waals surface area contributed by atoms with E-state index < -0.39 is 14.2 Å². The molecule has 0 amide bonds. The van der Waals surface area contributed by atoms with Gasteiger partial charge in [0.2, 0.25) is 0 Å². The first-order valence-electron chi connectivity index (χ1n) is 7.19. The largest absolute Gasteiger partial charge is 0.380 e. The van der Waals surface area contributed by atoms with Crippen molar-refractivity contribution in [2.45, 2.75) is 57.5 Å². The highest BCUT2D eigenvalue weighted by atomic mass is 28.3. The standard InChI is InChI=1S/C17H26OSi/c1-5-6-12-16(18)13-14-17(19(2,3)4)15-10-8-7-9-11-15/h7-11,16-18H,5-6,12H2,1-4H3. The molecule has 0 saturated carbocycles. The van der Waals surface area contributed by atoms with E-state index in [4.69, 9.17) is 0 Å². The lowest BCUT2D eigenvalue weighted by atomic mass is 10.1. The van der Waals surface area contributed by atoms with Crippen LogP contribution in [0.5, 0.6) is 0 Å². The average Bonchev–Trinajstić information content (AvgIpc) is 2.36. The van der Waals surface area contributed by atoms with Gasteiger partial charge in [0, 0.05) is 5.54 Å². The molecule has 0 heterocycles. The van der Waals surface area contributed by atoms with Gasteiger partial charge >= 0.3 is 0 Å². The maximum atomic E-state index is 9.88. The summed E-state index contributed by atoms with van der Waals surface area (Å²) >= 11 is 0. The second-order valence-corrected chi connectivity index (χ2v) is 11.5. The molecule has 2 heteroatoms. The molecule has 0 aliphatic carbocycles. The van der Waals surface area contributed by atoms with E-state index in [1.165, 1.54) is 5.56 Å². The molecule has 0 fully saturated rings. The third kappa shape index (κ3) is 5.63. The summed E-state index contributed by atoms with van der Waals surface area (Å²) in [5.41, 5.74) is 1.59. The lowest BCUT2D eigenvalue weighted by Crippen LogP contribution is -2.30. The molecule has 1 nitrogen and oxygen atoms in total. The highest BCUT2D eigenvalue weighted by Crippen LogP contribution is 2.26. The van der Waals surface area contributed by atoms with E-state index in [1.54, 1.807) is 0 Å². The molecule has 0 aliphatic rings. The first-order chi connectivity index (χ1) is 8.95. The molecule has 1 N–H and O–H groups in total. The molecule has 0 aromatic heterocycles. The molecule has 1 aromatic carbocycles. The van der Waals surface area contributed by atoms with Gasteiger partial charge < -0.3 is 5.11 Å². The van der Waals surface area contributed by atoms with Crippen LogP contribution in [0.4, 0.5) is 0 Å². The Morgan fingerprint density at radius 1 is 1.11 bits per heavy atom. The van der Waals surface area contributed by atoms with E-state index in [9.17, 15) is 5.11 Å². The summed E-state index contributed by atoms with van der Waals surface area (Å²) in [7, 11) is -1.41. The minimum absolute atomic E-state index is 0.296. The second-order valence-electron chi connectivity index (χ2n) is 6.16.